The first-order valence-electron chi connectivity index (χ1n) is 4.47. The zero-order chi connectivity index (χ0) is 12.3. The van der Waals surface area contributed by atoms with Gasteiger partial charge in [-0.1, -0.05) is 0 Å². The molecule has 0 aromatic carbocycles. The lowest BCUT2D eigenvalue weighted by atomic mass is 10.1. The summed E-state index contributed by atoms with van der Waals surface area (Å²) in [5.41, 5.74) is -1.45. The Labute approximate surface area is 99.8 Å². The summed E-state index contributed by atoms with van der Waals surface area (Å²) in [6, 6.07) is 3.23. The van der Waals surface area contributed by atoms with Crippen molar-refractivity contribution in [3.8, 4) is 0 Å². The maximum atomic E-state index is 11.4. The van der Waals surface area contributed by atoms with Gasteiger partial charge in [0.25, 0.3) is 5.91 Å². The Hall–Kier alpha value is -0.760. The van der Waals surface area contributed by atoms with Crippen LogP contribution >= 0.6 is 11.3 Å². The molecule has 7 heteroatoms. The number of amides is 1. The van der Waals surface area contributed by atoms with Crippen molar-refractivity contribution in [2.24, 2.45) is 0 Å². The van der Waals surface area contributed by atoms with Crippen molar-refractivity contribution in [3.63, 3.8) is 0 Å². The maximum absolute atomic E-state index is 11.4. The fraction of sp³-hybridized carbons (Fsp3) is 0.444. The van der Waals surface area contributed by atoms with Gasteiger partial charge in [-0.25, -0.2) is 0 Å². The monoisotopic (exact) mass is 262 g/mol. The molecular weight excluding hydrogens is 250 g/mol. The minimum atomic E-state index is -2.13. The summed E-state index contributed by atoms with van der Waals surface area (Å²) in [4.78, 5) is 12.0. The van der Waals surface area contributed by atoms with Crippen LogP contribution in [-0.4, -0.2) is 25.4 Å². The van der Waals surface area contributed by atoms with Crippen LogP contribution in [0.15, 0.2) is 12.1 Å². The third-order valence-corrected chi connectivity index (χ3v) is 3.44. The van der Waals surface area contributed by atoms with Crippen molar-refractivity contribution < 1.29 is 18.7 Å². The molecule has 90 valence electrons. The number of hydrogen-bond donors (Lipinski definition) is 2. The molecule has 1 aromatic rings. The van der Waals surface area contributed by atoms with Gasteiger partial charge in [0.15, 0.2) is 0 Å². The summed E-state index contributed by atoms with van der Waals surface area (Å²) in [7, 11) is 0. The van der Waals surface area contributed by atoms with Gasteiger partial charge in [0.1, 0.15) is 5.60 Å². The molecule has 0 aliphatic rings. The highest BCUT2D eigenvalue weighted by Gasteiger charge is 2.23. The summed E-state index contributed by atoms with van der Waals surface area (Å²) in [5.74, 6) is -0.590. The summed E-state index contributed by atoms with van der Waals surface area (Å²) in [6.45, 7) is 2.76. The van der Waals surface area contributed by atoms with Gasteiger partial charge in [0.2, 0.25) is 0 Å². The molecule has 0 bridgehead atoms. The number of carbonyl (C=O) groups excluding carboxylic acids is 1. The lowest BCUT2D eigenvalue weighted by Crippen LogP contribution is -2.36. The molecule has 1 heterocycles. The van der Waals surface area contributed by atoms with Crippen LogP contribution in [0.4, 0.5) is 5.00 Å². The highest BCUT2D eigenvalue weighted by molar-refractivity contribution is 7.78. The highest BCUT2D eigenvalue weighted by atomic mass is 32.2. The van der Waals surface area contributed by atoms with E-state index in [1.165, 1.54) is 25.2 Å². The van der Waals surface area contributed by atoms with E-state index in [0.29, 0.717) is 9.88 Å². The van der Waals surface area contributed by atoms with Gasteiger partial charge in [-0.3, -0.25) is 9.00 Å². The van der Waals surface area contributed by atoms with E-state index in [1.54, 1.807) is 12.1 Å². The van der Waals surface area contributed by atoms with E-state index in [0.717, 1.165) is 0 Å². The molecule has 1 amide bonds. The van der Waals surface area contributed by atoms with Crippen molar-refractivity contribution in [1.29, 1.82) is 0 Å². The van der Waals surface area contributed by atoms with Crippen LogP contribution in [-0.2, 0) is 21.6 Å². The molecule has 0 aliphatic carbocycles. The SMILES string of the molecule is CC(C)(O)C(=O)Nc1ccc(CS(=O)[O-])s1. The number of nitrogens with one attached hydrogen (secondary N) is 1. The first kappa shape index (κ1) is 13.3. The number of thiophene rings is 1. The molecule has 1 unspecified atom stereocenters. The Balaban J connectivity index is 2.66. The standard InChI is InChI=1S/C9H13NO4S2/c1-9(2,12)8(11)10-7-4-3-6(15-7)5-16(13)14/h3-4,12H,5H2,1-2H3,(H,10,11)(H,13,14)/p-1. The Kier molecular flexibility index (Phi) is 4.20. The first-order valence-corrected chi connectivity index (χ1v) is 6.53. The topological polar surface area (TPSA) is 89.5 Å². The van der Waals surface area contributed by atoms with E-state index in [1.807, 2.05) is 0 Å². The lowest BCUT2D eigenvalue weighted by Gasteiger charge is -2.15. The second kappa shape index (κ2) is 5.05. The maximum Gasteiger partial charge on any atom is 0.256 e. The van der Waals surface area contributed by atoms with Crippen molar-refractivity contribution in [2.75, 3.05) is 5.32 Å². The Morgan fingerprint density at radius 1 is 1.62 bits per heavy atom. The number of rotatable bonds is 4. The Morgan fingerprint density at radius 3 is 2.75 bits per heavy atom. The molecule has 0 saturated heterocycles. The molecule has 0 radical (unpaired) electrons. The van der Waals surface area contributed by atoms with Gasteiger partial charge < -0.3 is 15.0 Å². The summed E-state index contributed by atoms with van der Waals surface area (Å²) in [6.07, 6.45) is 0. The van der Waals surface area contributed by atoms with E-state index in [9.17, 15) is 18.7 Å². The summed E-state index contributed by atoms with van der Waals surface area (Å²) < 4.78 is 20.9. The number of hydrogen-bond acceptors (Lipinski definition) is 5. The predicted molar refractivity (Wildman–Crippen MR) is 61.9 cm³/mol. The number of anilines is 1. The van der Waals surface area contributed by atoms with Crippen LogP contribution in [0, 0.1) is 0 Å². The largest absolute Gasteiger partial charge is 0.772 e. The van der Waals surface area contributed by atoms with Crippen LogP contribution in [0.2, 0.25) is 0 Å². The third kappa shape index (κ3) is 4.01. The minimum Gasteiger partial charge on any atom is -0.772 e. The minimum absolute atomic E-state index is 0.0664. The normalized spacial score (nSPS) is 13.5. The quantitative estimate of drug-likeness (QED) is 0.787. The van der Waals surface area contributed by atoms with Crippen LogP contribution in [0.5, 0.6) is 0 Å². The second-order valence-electron chi connectivity index (χ2n) is 3.73. The Morgan fingerprint density at radius 2 is 2.25 bits per heavy atom. The molecule has 1 rings (SSSR count). The van der Waals surface area contributed by atoms with E-state index in [2.05, 4.69) is 5.32 Å². The molecule has 1 aromatic heterocycles. The van der Waals surface area contributed by atoms with Gasteiger partial charge in [0, 0.05) is 10.6 Å². The average molecular weight is 262 g/mol. The van der Waals surface area contributed by atoms with Crippen molar-refractivity contribution >= 4 is 33.3 Å². The van der Waals surface area contributed by atoms with E-state index in [4.69, 9.17) is 0 Å². The fourth-order valence-corrected chi connectivity index (χ4v) is 2.45. The molecule has 0 fully saturated rings. The lowest BCUT2D eigenvalue weighted by molar-refractivity contribution is -0.130. The highest BCUT2D eigenvalue weighted by Crippen LogP contribution is 2.23. The van der Waals surface area contributed by atoms with Crippen molar-refractivity contribution in [3.05, 3.63) is 17.0 Å². The van der Waals surface area contributed by atoms with Crippen molar-refractivity contribution in [1.82, 2.24) is 0 Å². The summed E-state index contributed by atoms with van der Waals surface area (Å²) >= 11 is -0.965. The zero-order valence-corrected chi connectivity index (χ0v) is 10.5. The molecule has 0 saturated carbocycles. The molecule has 0 spiro atoms. The molecule has 0 aliphatic heterocycles. The van der Waals surface area contributed by atoms with E-state index in [-0.39, 0.29) is 5.75 Å². The number of aliphatic hydroxyl groups is 1. The zero-order valence-electron chi connectivity index (χ0n) is 8.85. The van der Waals surface area contributed by atoms with Gasteiger partial charge in [0.05, 0.1) is 5.00 Å². The first-order chi connectivity index (χ1) is 7.29. The molecular formula is C9H12NO4S2-. The molecule has 1 atom stereocenters. The van der Waals surface area contributed by atoms with Crippen LogP contribution in [0.1, 0.15) is 18.7 Å². The van der Waals surface area contributed by atoms with Gasteiger partial charge >= 0.3 is 0 Å². The smallest absolute Gasteiger partial charge is 0.256 e. The van der Waals surface area contributed by atoms with Gasteiger partial charge in [-0.05, 0) is 37.1 Å². The van der Waals surface area contributed by atoms with Gasteiger partial charge in [-0.2, -0.15) is 0 Å². The van der Waals surface area contributed by atoms with E-state index < -0.39 is 22.6 Å². The fourth-order valence-electron chi connectivity index (χ4n) is 0.904. The molecule has 5 nitrogen and oxygen atoms in total. The Bertz CT molecular complexity index is 408. The summed E-state index contributed by atoms with van der Waals surface area (Å²) in [5, 5.41) is 12.4. The third-order valence-electron chi connectivity index (χ3n) is 1.71. The van der Waals surface area contributed by atoms with Crippen LogP contribution in [0.3, 0.4) is 0 Å². The predicted octanol–water partition coefficient (Wildman–Crippen LogP) is 0.837. The molecule has 2 N–H and O–H groups in total. The van der Waals surface area contributed by atoms with E-state index >= 15 is 0 Å². The second-order valence-corrected chi connectivity index (χ2v) is 5.79. The molecule has 16 heavy (non-hydrogen) atoms. The van der Waals surface area contributed by atoms with Crippen LogP contribution < -0.4 is 5.32 Å². The van der Waals surface area contributed by atoms with Crippen LogP contribution in [0.25, 0.3) is 0 Å². The average Bonchev–Trinajstić information content (AvgIpc) is 2.49. The number of carbonyl (C=O) groups is 1. The van der Waals surface area contributed by atoms with Gasteiger partial charge in [-0.15, -0.1) is 11.3 Å². The van der Waals surface area contributed by atoms with Crippen molar-refractivity contribution in [2.45, 2.75) is 25.2 Å².